The van der Waals surface area contributed by atoms with Gasteiger partial charge in [0.05, 0.1) is 19.2 Å². The fraction of sp³-hybridized carbons (Fsp3) is 0.952. The van der Waals surface area contributed by atoms with E-state index in [1.54, 1.807) is 4.90 Å². The molecule has 1 rings (SSSR count). The predicted molar refractivity (Wildman–Crippen MR) is 112 cm³/mol. The summed E-state index contributed by atoms with van der Waals surface area (Å²) in [4.78, 5) is 22.8. The van der Waals surface area contributed by atoms with E-state index in [1.165, 1.54) is 70.6 Å². The van der Waals surface area contributed by atoms with Crippen molar-refractivity contribution in [3.8, 4) is 0 Å². The number of carbonyl (C=O) groups is 1. The van der Waals surface area contributed by atoms with Crippen LogP contribution in [0.2, 0.25) is 0 Å². The zero-order valence-electron chi connectivity index (χ0n) is 17.7. The minimum absolute atomic E-state index is 0.0152. The Morgan fingerprint density at radius 3 is 1.93 bits per heavy atom. The third-order valence-electron chi connectivity index (χ3n) is 5.64. The Labute approximate surface area is 172 Å². The van der Waals surface area contributed by atoms with E-state index >= 15 is 0 Å². The third-order valence-corrected chi connectivity index (χ3v) is 6.12. The van der Waals surface area contributed by atoms with Crippen LogP contribution in [-0.2, 0) is 13.9 Å². The molecule has 3 atom stereocenters. The Bertz CT molecular complexity index is 435. The third kappa shape index (κ3) is 11.5. The normalized spacial score (nSPS) is 20.0. The van der Waals surface area contributed by atoms with Gasteiger partial charge in [-0.05, 0) is 6.42 Å². The number of hydrogen-bond donors (Lipinski definition) is 2. The number of aliphatic hydroxyl groups is 1. The molecule has 0 saturated carbocycles. The lowest BCUT2D eigenvalue weighted by Crippen LogP contribution is -2.37. The van der Waals surface area contributed by atoms with Gasteiger partial charge in [-0.2, -0.15) is 0 Å². The first-order chi connectivity index (χ1) is 13.6. The van der Waals surface area contributed by atoms with Crippen LogP contribution in [0.25, 0.3) is 0 Å². The highest BCUT2D eigenvalue weighted by Gasteiger charge is 2.39. The zero-order chi connectivity index (χ0) is 20.6. The van der Waals surface area contributed by atoms with Crippen molar-refractivity contribution in [2.45, 2.75) is 115 Å². The van der Waals surface area contributed by atoms with Crippen molar-refractivity contribution in [2.75, 3.05) is 13.2 Å². The second-order valence-electron chi connectivity index (χ2n) is 8.08. The fourth-order valence-electron chi connectivity index (χ4n) is 3.99. The van der Waals surface area contributed by atoms with Crippen LogP contribution in [0.5, 0.6) is 0 Å². The number of carbonyl (C=O) groups excluding carboxylic acids is 1. The highest BCUT2D eigenvalue weighted by Crippen LogP contribution is 2.28. The fourth-order valence-corrected chi connectivity index (χ4v) is 4.40. The van der Waals surface area contributed by atoms with Gasteiger partial charge in [0, 0.05) is 17.4 Å². The van der Waals surface area contributed by atoms with Crippen molar-refractivity contribution in [3.05, 3.63) is 0 Å². The van der Waals surface area contributed by atoms with Gasteiger partial charge in [0.1, 0.15) is 6.10 Å². The molecular formula is C21H41NO5P+. The number of hydrogen-bond acceptors (Lipinski definition) is 4. The lowest BCUT2D eigenvalue weighted by Gasteiger charge is -2.22. The van der Waals surface area contributed by atoms with Crippen LogP contribution in [0.15, 0.2) is 0 Å². The Kier molecular flexibility index (Phi) is 14.8. The Morgan fingerprint density at radius 1 is 0.964 bits per heavy atom. The summed E-state index contributed by atoms with van der Waals surface area (Å²) in [5.74, 6) is 0.0152. The summed E-state index contributed by atoms with van der Waals surface area (Å²) in [7, 11) is -2.67. The summed E-state index contributed by atoms with van der Waals surface area (Å²) < 4.78 is 15.7. The predicted octanol–water partition coefficient (Wildman–Crippen LogP) is 5.10. The second kappa shape index (κ2) is 16.3. The topological polar surface area (TPSA) is 87.1 Å². The number of amides is 1. The molecule has 28 heavy (non-hydrogen) atoms. The summed E-state index contributed by atoms with van der Waals surface area (Å²) >= 11 is 0. The van der Waals surface area contributed by atoms with Crippen molar-refractivity contribution in [2.24, 2.45) is 0 Å². The first-order valence-corrected chi connectivity index (χ1v) is 12.4. The van der Waals surface area contributed by atoms with Crippen LogP contribution in [0.3, 0.4) is 0 Å². The van der Waals surface area contributed by atoms with Gasteiger partial charge < -0.3 is 10.0 Å². The van der Waals surface area contributed by atoms with Crippen molar-refractivity contribution in [3.63, 3.8) is 0 Å². The van der Waals surface area contributed by atoms with Gasteiger partial charge in [0.2, 0.25) is 5.91 Å². The smallest absolute Gasteiger partial charge is 0.394 e. The Morgan fingerprint density at radius 2 is 1.46 bits per heavy atom. The maximum atomic E-state index is 12.4. The summed E-state index contributed by atoms with van der Waals surface area (Å²) in [6, 6.07) is -0.297. The van der Waals surface area contributed by atoms with E-state index in [1.807, 2.05) is 0 Å². The molecule has 0 aromatic rings. The Balaban J connectivity index is 1.99. The number of unbranched alkanes of at least 4 members (excludes halogenated alkanes) is 12. The summed E-state index contributed by atoms with van der Waals surface area (Å²) in [6.07, 6.45) is 17.0. The maximum absolute atomic E-state index is 12.4. The van der Waals surface area contributed by atoms with Crippen molar-refractivity contribution in [1.29, 1.82) is 0 Å². The largest absolute Gasteiger partial charge is 0.695 e. The quantitative estimate of drug-likeness (QED) is 0.254. The molecule has 0 aromatic heterocycles. The lowest BCUT2D eigenvalue weighted by atomic mass is 10.0. The van der Waals surface area contributed by atoms with Crippen LogP contribution in [0, 0.1) is 0 Å². The molecule has 0 aliphatic carbocycles. The van der Waals surface area contributed by atoms with Gasteiger partial charge in [-0.3, -0.25) is 4.79 Å². The molecule has 1 amide bonds. The number of rotatable bonds is 17. The summed E-state index contributed by atoms with van der Waals surface area (Å²) in [5.41, 5.74) is 0. The molecule has 0 radical (unpaired) electrons. The van der Waals surface area contributed by atoms with Crippen LogP contribution >= 0.6 is 8.25 Å². The summed E-state index contributed by atoms with van der Waals surface area (Å²) in [5, 5.41) is 9.44. The van der Waals surface area contributed by atoms with Crippen molar-refractivity contribution in [1.82, 2.24) is 4.90 Å². The average molecular weight is 419 g/mol. The lowest BCUT2D eigenvalue weighted by molar-refractivity contribution is -0.133. The monoisotopic (exact) mass is 418 g/mol. The van der Waals surface area contributed by atoms with E-state index in [4.69, 9.17) is 9.42 Å². The minimum atomic E-state index is -2.67. The molecule has 6 nitrogen and oxygen atoms in total. The molecule has 1 unspecified atom stereocenters. The van der Waals surface area contributed by atoms with Gasteiger partial charge in [0.25, 0.3) is 0 Å². The van der Waals surface area contributed by atoms with Gasteiger partial charge in [-0.15, -0.1) is 9.42 Å². The molecule has 1 aliphatic rings. The van der Waals surface area contributed by atoms with Gasteiger partial charge in [0.15, 0.2) is 0 Å². The van der Waals surface area contributed by atoms with Gasteiger partial charge in [-0.1, -0.05) is 84.0 Å². The molecule has 1 heterocycles. The molecule has 0 aromatic carbocycles. The van der Waals surface area contributed by atoms with E-state index < -0.39 is 14.4 Å². The van der Waals surface area contributed by atoms with E-state index in [9.17, 15) is 14.5 Å². The molecule has 1 aliphatic heterocycles. The molecule has 164 valence electrons. The molecular weight excluding hydrogens is 377 g/mol. The summed E-state index contributed by atoms with van der Waals surface area (Å²) in [6.45, 7) is 2.42. The number of nitrogens with zero attached hydrogens (tertiary/aromatic N) is 1. The van der Waals surface area contributed by atoms with Crippen LogP contribution < -0.4 is 0 Å². The van der Waals surface area contributed by atoms with Crippen LogP contribution in [0.1, 0.15) is 103 Å². The molecule has 0 bridgehead atoms. The molecule has 1 saturated heterocycles. The standard InChI is InChI=1S/C21H40NO5P/c1-2-3-4-5-6-7-8-9-10-11-12-13-14-15-21(24)22-17-20(27-28(25)26)16-19(22)18-23/h19-20,23H,2-18H2,1H3/p+1/t19-,20+/m0/s1. The SMILES string of the molecule is CCCCCCCCCCCCCCCC(=O)N1C[C@H](O[P+](=O)O)C[C@H]1CO. The number of likely N-dealkylation sites (tertiary alicyclic amines) is 1. The van der Waals surface area contributed by atoms with Crippen molar-refractivity contribution >= 4 is 14.2 Å². The first kappa shape index (κ1) is 25.5. The highest BCUT2D eigenvalue weighted by atomic mass is 31.1. The van der Waals surface area contributed by atoms with E-state index in [0.29, 0.717) is 19.4 Å². The molecule has 0 spiro atoms. The van der Waals surface area contributed by atoms with E-state index in [-0.39, 0.29) is 18.6 Å². The van der Waals surface area contributed by atoms with Crippen LogP contribution in [-0.4, -0.2) is 46.1 Å². The highest BCUT2D eigenvalue weighted by molar-refractivity contribution is 7.32. The molecule has 7 heteroatoms. The van der Waals surface area contributed by atoms with Gasteiger partial charge in [-0.25, -0.2) is 0 Å². The second-order valence-corrected chi connectivity index (χ2v) is 8.76. The van der Waals surface area contributed by atoms with E-state index in [0.717, 1.165) is 12.8 Å². The van der Waals surface area contributed by atoms with Crippen LogP contribution in [0.4, 0.5) is 0 Å². The zero-order valence-corrected chi connectivity index (χ0v) is 18.6. The van der Waals surface area contributed by atoms with Gasteiger partial charge >= 0.3 is 8.25 Å². The van der Waals surface area contributed by atoms with E-state index in [2.05, 4.69) is 6.92 Å². The molecule has 2 N–H and O–H groups in total. The molecule has 1 fully saturated rings. The maximum Gasteiger partial charge on any atom is 0.695 e. The Hall–Kier alpha value is -0.550. The minimum Gasteiger partial charge on any atom is -0.394 e. The average Bonchev–Trinajstić information content (AvgIpc) is 3.07. The first-order valence-electron chi connectivity index (χ1n) is 11.3. The number of aliphatic hydroxyl groups excluding tert-OH is 1. The van der Waals surface area contributed by atoms with Crippen molar-refractivity contribution < 1.29 is 23.9 Å².